The topological polar surface area (TPSA) is 93.6 Å². The number of carbonyl (C=O) groups is 1. The Balaban J connectivity index is 0.00000729. The summed E-state index contributed by atoms with van der Waals surface area (Å²) in [5.74, 6) is 2.11. The quantitative estimate of drug-likeness (QED) is 0.211. The molecule has 0 aliphatic heterocycles. The fourth-order valence-corrected chi connectivity index (χ4v) is 2.16. The molecule has 9 nitrogen and oxygen atoms in total. The molecule has 0 bridgehead atoms. The van der Waals surface area contributed by atoms with Crippen LogP contribution in [0.3, 0.4) is 0 Å². The average Bonchev–Trinajstić information content (AvgIpc) is 2.68. The molecular formula is C18H31IN4O5. The summed E-state index contributed by atoms with van der Waals surface area (Å²) in [6.45, 7) is 1.58. The molecule has 1 amide bonds. The monoisotopic (exact) mass is 510 g/mol. The summed E-state index contributed by atoms with van der Waals surface area (Å²) in [5.41, 5.74) is 0.872. The van der Waals surface area contributed by atoms with Gasteiger partial charge in [-0.25, -0.2) is 4.99 Å². The van der Waals surface area contributed by atoms with Gasteiger partial charge in [-0.1, -0.05) is 0 Å². The van der Waals surface area contributed by atoms with Crippen molar-refractivity contribution in [3.63, 3.8) is 0 Å². The van der Waals surface area contributed by atoms with Crippen LogP contribution >= 0.6 is 24.0 Å². The first-order chi connectivity index (χ1) is 13.0. The molecule has 160 valence electrons. The van der Waals surface area contributed by atoms with Gasteiger partial charge in [0, 0.05) is 27.7 Å². The van der Waals surface area contributed by atoms with Crippen LogP contribution in [0.15, 0.2) is 17.1 Å². The summed E-state index contributed by atoms with van der Waals surface area (Å²) in [5, 5.41) is 6.14. The van der Waals surface area contributed by atoms with Crippen LogP contribution in [0.5, 0.6) is 17.2 Å². The van der Waals surface area contributed by atoms with Gasteiger partial charge in [0.1, 0.15) is 0 Å². The van der Waals surface area contributed by atoms with Crippen molar-refractivity contribution in [2.45, 2.75) is 6.54 Å². The molecule has 0 saturated heterocycles. The maximum Gasteiger partial charge on any atom is 0.241 e. The maximum absolute atomic E-state index is 11.8. The Morgan fingerprint density at radius 2 is 1.64 bits per heavy atom. The third kappa shape index (κ3) is 8.38. The number of nitrogens with one attached hydrogen (secondary N) is 2. The zero-order valence-corrected chi connectivity index (χ0v) is 19.7. The molecule has 0 spiro atoms. The smallest absolute Gasteiger partial charge is 0.241 e. The number of hydrogen-bond donors (Lipinski definition) is 2. The van der Waals surface area contributed by atoms with E-state index in [1.54, 1.807) is 42.5 Å². The minimum Gasteiger partial charge on any atom is -0.493 e. The zero-order chi connectivity index (χ0) is 20.2. The van der Waals surface area contributed by atoms with Crippen molar-refractivity contribution in [3.8, 4) is 17.2 Å². The number of nitrogens with zero attached hydrogens (tertiary/aromatic N) is 2. The number of halogens is 1. The lowest BCUT2D eigenvalue weighted by Crippen LogP contribution is -2.43. The maximum atomic E-state index is 11.8. The van der Waals surface area contributed by atoms with Gasteiger partial charge in [-0.2, -0.15) is 0 Å². The highest BCUT2D eigenvalue weighted by molar-refractivity contribution is 14.0. The van der Waals surface area contributed by atoms with E-state index in [1.165, 1.54) is 4.90 Å². The van der Waals surface area contributed by atoms with Crippen LogP contribution in [0, 0.1) is 0 Å². The van der Waals surface area contributed by atoms with Crippen LogP contribution in [0.2, 0.25) is 0 Å². The van der Waals surface area contributed by atoms with Crippen molar-refractivity contribution in [1.29, 1.82) is 0 Å². The molecule has 2 N–H and O–H groups in total. The summed E-state index contributed by atoms with van der Waals surface area (Å²) in [6.07, 6.45) is 0. The second-order valence-corrected chi connectivity index (χ2v) is 5.76. The van der Waals surface area contributed by atoms with Crippen LogP contribution in [0.1, 0.15) is 5.56 Å². The van der Waals surface area contributed by atoms with Crippen LogP contribution in [0.25, 0.3) is 0 Å². The number of rotatable bonds is 10. The highest BCUT2D eigenvalue weighted by Gasteiger charge is 2.13. The number of guanidine groups is 1. The average molecular weight is 510 g/mol. The lowest BCUT2D eigenvalue weighted by molar-refractivity contribution is -0.127. The van der Waals surface area contributed by atoms with Gasteiger partial charge in [0.15, 0.2) is 17.5 Å². The highest BCUT2D eigenvalue weighted by Crippen LogP contribution is 2.38. The molecule has 0 unspecified atom stereocenters. The van der Waals surface area contributed by atoms with E-state index >= 15 is 0 Å². The molecule has 1 rings (SSSR count). The molecule has 0 fully saturated rings. The predicted octanol–water partition coefficient (Wildman–Crippen LogP) is 1.10. The number of likely N-dealkylation sites (N-methyl/N-ethyl adjacent to an activating group) is 1. The van der Waals surface area contributed by atoms with E-state index in [0.29, 0.717) is 42.9 Å². The van der Waals surface area contributed by atoms with E-state index in [4.69, 9.17) is 18.9 Å². The van der Waals surface area contributed by atoms with Crippen LogP contribution in [0.4, 0.5) is 0 Å². The number of methoxy groups -OCH3 is 4. The summed E-state index contributed by atoms with van der Waals surface area (Å²) >= 11 is 0. The third-order valence-corrected chi connectivity index (χ3v) is 3.65. The minimum atomic E-state index is -0.0518. The Morgan fingerprint density at radius 3 is 2.11 bits per heavy atom. The van der Waals surface area contributed by atoms with Gasteiger partial charge >= 0.3 is 0 Å². The van der Waals surface area contributed by atoms with Crippen molar-refractivity contribution < 1.29 is 23.7 Å². The van der Waals surface area contributed by atoms with Gasteiger partial charge in [-0.05, 0) is 17.7 Å². The van der Waals surface area contributed by atoms with Crippen LogP contribution < -0.4 is 24.8 Å². The molecular weight excluding hydrogens is 479 g/mol. The molecule has 1 aromatic carbocycles. The van der Waals surface area contributed by atoms with Gasteiger partial charge in [0.25, 0.3) is 0 Å². The fourth-order valence-electron chi connectivity index (χ4n) is 2.16. The zero-order valence-electron chi connectivity index (χ0n) is 17.3. The standard InChI is InChI=1S/C18H30N4O5.HI/c1-22(2)16(23)12-21-18(19-7-8-24-3)20-11-13-9-14(25-4)17(27-6)15(10-13)26-5;/h9-10H,7-8,11-12H2,1-6H3,(H2,19,20,21);1H. The highest BCUT2D eigenvalue weighted by atomic mass is 127. The number of carbonyl (C=O) groups excluding carboxylic acids is 1. The molecule has 0 aromatic heterocycles. The Hall–Kier alpha value is -1.95. The van der Waals surface area contributed by atoms with E-state index in [0.717, 1.165) is 5.56 Å². The van der Waals surface area contributed by atoms with Crippen molar-refractivity contribution in [3.05, 3.63) is 17.7 Å². The molecule has 28 heavy (non-hydrogen) atoms. The van der Waals surface area contributed by atoms with Crippen LogP contribution in [-0.4, -0.2) is 79.0 Å². The molecule has 0 radical (unpaired) electrons. The fraction of sp³-hybridized carbons (Fsp3) is 0.556. The molecule has 0 atom stereocenters. The first kappa shape index (κ1) is 26.1. The number of ether oxygens (including phenoxy) is 4. The summed E-state index contributed by atoms with van der Waals surface area (Å²) < 4.78 is 21.1. The van der Waals surface area contributed by atoms with Gasteiger partial charge in [-0.3, -0.25) is 4.79 Å². The van der Waals surface area contributed by atoms with Crippen molar-refractivity contribution in [2.24, 2.45) is 4.99 Å². The van der Waals surface area contributed by atoms with E-state index in [9.17, 15) is 4.79 Å². The Morgan fingerprint density at radius 1 is 1.04 bits per heavy atom. The summed E-state index contributed by atoms with van der Waals surface area (Å²) in [4.78, 5) is 17.8. The number of hydrogen-bond acceptors (Lipinski definition) is 6. The molecule has 0 aliphatic carbocycles. The summed E-state index contributed by atoms with van der Waals surface area (Å²) in [6, 6.07) is 3.67. The largest absolute Gasteiger partial charge is 0.493 e. The Bertz CT molecular complexity index is 615. The predicted molar refractivity (Wildman–Crippen MR) is 119 cm³/mol. The Kier molecular flexibility index (Phi) is 13.1. The van der Waals surface area contributed by atoms with Crippen molar-refractivity contribution in [1.82, 2.24) is 15.5 Å². The molecule has 0 aliphatic rings. The van der Waals surface area contributed by atoms with Crippen LogP contribution in [-0.2, 0) is 16.1 Å². The number of amides is 1. The van der Waals surface area contributed by atoms with Gasteiger partial charge in [0.2, 0.25) is 11.7 Å². The summed E-state index contributed by atoms with van der Waals surface area (Å²) in [7, 11) is 9.72. The number of benzene rings is 1. The second kappa shape index (κ2) is 14.1. The minimum absolute atomic E-state index is 0. The third-order valence-electron chi connectivity index (χ3n) is 3.65. The van der Waals surface area contributed by atoms with E-state index in [2.05, 4.69) is 15.6 Å². The van der Waals surface area contributed by atoms with E-state index in [1.807, 2.05) is 12.1 Å². The lowest BCUT2D eigenvalue weighted by Gasteiger charge is -2.16. The molecule has 0 heterocycles. The molecule has 1 aromatic rings. The van der Waals surface area contributed by atoms with E-state index < -0.39 is 0 Å². The molecule has 0 saturated carbocycles. The number of aliphatic imine (C=N–C) groups is 1. The van der Waals surface area contributed by atoms with Crippen molar-refractivity contribution in [2.75, 3.05) is 62.2 Å². The SMILES string of the molecule is COCCNC(=NCc1cc(OC)c(OC)c(OC)c1)NCC(=O)N(C)C.I. The van der Waals surface area contributed by atoms with Gasteiger partial charge < -0.3 is 34.5 Å². The Labute approximate surface area is 183 Å². The lowest BCUT2D eigenvalue weighted by atomic mass is 10.2. The van der Waals surface area contributed by atoms with Crippen molar-refractivity contribution >= 4 is 35.8 Å². The normalized spacial score (nSPS) is 10.6. The second-order valence-electron chi connectivity index (χ2n) is 5.76. The van der Waals surface area contributed by atoms with Gasteiger partial charge in [0.05, 0.1) is 41.0 Å². The first-order valence-corrected chi connectivity index (χ1v) is 8.46. The molecule has 10 heteroatoms. The van der Waals surface area contributed by atoms with E-state index in [-0.39, 0.29) is 36.4 Å². The van der Waals surface area contributed by atoms with Gasteiger partial charge in [-0.15, -0.1) is 24.0 Å². The first-order valence-electron chi connectivity index (χ1n) is 8.46.